The van der Waals surface area contributed by atoms with Crippen LogP contribution < -0.4 is 0 Å². The molecular formula is C20H19ClF2O2S. The van der Waals surface area contributed by atoms with Gasteiger partial charge in [0.2, 0.25) is 0 Å². The Morgan fingerprint density at radius 3 is 2.19 bits per heavy atom. The zero-order valence-corrected chi connectivity index (χ0v) is 15.7. The molecule has 0 amide bonds. The molecule has 2 aliphatic carbocycles. The van der Waals surface area contributed by atoms with Gasteiger partial charge in [-0.3, -0.25) is 0 Å². The Labute approximate surface area is 157 Å². The van der Waals surface area contributed by atoms with Crippen LogP contribution in [-0.2, 0) is 14.6 Å². The maximum atomic E-state index is 14.7. The van der Waals surface area contributed by atoms with E-state index in [4.69, 9.17) is 11.6 Å². The summed E-state index contributed by atoms with van der Waals surface area (Å²) in [6.45, 7) is 0. The van der Waals surface area contributed by atoms with Crippen LogP contribution in [0, 0.1) is 23.5 Å². The molecule has 2 nitrogen and oxygen atoms in total. The van der Waals surface area contributed by atoms with Gasteiger partial charge in [0.1, 0.15) is 16.4 Å². The minimum atomic E-state index is -3.92. The Balaban J connectivity index is 1.94. The van der Waals surface area contributed by atoms with Crippen molar-refractivity contribution in [2.45, 2.75) is 41.7 Å². The summed E-state index contributed by atoms with van der Waals surface area (Å²) < 4.78 is 54.6. The fraction of sp³-hybridized carbons (Fsp3) is 0.400. The van der Waals surface area contributed by atoms with Crippen molar-refractivity contribution in [3.8, 4) is 0 Å². The molecule has 0 heterocycles. The van der Waals surface area contributed by atoms with E-state index in [0.717, 1.165) is 37.5 Å². The van der Waals surface area contributed by atoms with Crippen molar-refractivity contribution in [1.29, 1.82) is 0 Å². The lowest BCUT2D eigenvalue weighted by atomic mass is 9.76. The van der Waals surface area contributed by atoms with Crippen molar-refractivity contribution >= 4 is 21.4 Å². The zero-order chi connectivity index (χ0) is 18.5. The SMILES string of the molecule is O=S(=O)(c1ccc(Cl)cc1)C1(c2cc(F)ccc2F)CC2CCC(C2)C1. The van der Waals surface area contributed by atoms with Gasteiger partial charge in [-0.1, -0.05) is 24.4 Å². The van der Waals surface area contributed by atoms with Gasteiger partial charge in [0.05, 0.1) is 4.90 Å². The molecule has 26 heavy (non-hydrogen) atoms. The predicted octanol–water partition coefficient (Wildman–Crippen LogP) is 5.50. The first kappa shape index (κ1) is 17.9. The van der Waals surface area contributed by atoms with E-state index in [0.29, 0.717) is 17.9 Å². The lowest BCUT2D eigenvalue weighted by Gasteiger charge is -2.40. The van der Waals surface area contributed by atoms with Crippen LogP contribution in [0.2, 0.25) is 5.02 Å². The van der Waals surface area contributed by atoms with Crippen LogP contribution in [0.25, 0.3) is 0 Å². The zero-order valence-electron chi connectivity index (χ0n) is 14.1. The Morgan fingerprint density at radius 2 is 1.58 bits per heavy atom. The van der Waals surface area contributed by atoms with Gasteiger partial charge in [-0.15, -0.1) is 0 Å². The van der Waals surface area contributed by atoms with Crippen molar-refractivity contribution in [2.75, 3.05) is 0 Å². The van der Waals surface area contributed by atoms with Crippen molar-refractivity contribution in [3.05, 3.63) is 64.7 Å². The van der Waals surface area contributed by atoms with Crippen molar-refractivity contribution < 1.29 is 17.2 Å². The lowest BCUT2D eigenvalue weighted by molar-refractivity contribution is 0.274. The van der Waals surface area contributed by atoms with Gasteiger partial charge in [-0.2, -0.15) is 0 Å². The molecular weight excluding hydrogens is 378 g/mol. The second-order valence-electron chi connectivity index (χ2n) is 7.53. The van der Waals surface area contributed by atoms with E-state index in [9.17, 15) is 17.2 Å². The topological polar surface area (TPSA) is 34.1 Å². The third-order valence-corrected chi connectivity index (χ3v) is 8.67. The molecule has 2 saturated carbocycles. The Hall–Kier alpha value is -1.46. The fourth-order valence-corrected chi connectivity index (χ4v) is 7.26. The number of hydrogen-bond donors (Lipinski definition) is 0. The molecule has 2 unspecified atom stereocenters. The Bertz CT molecular complexity index is 929. The van der Waals surface area contributed by atoms with Crippen LogP contribution >= 0.6 is 11.6 Å². The minimum Gasteiger partial charge on any atom is -0.223 e. The second kappa shape index (κ2) is 6.31. The number of fused-ring (bicyclic) bond motifs is 2. The van der Waals surface area contributed by atoms with Gasteiger partial charge in [-0.05, 0) is 73.6 Å². The Morgan fingerprint density at radius 1 is 0.962 bits per heavy atom. The normalized spacial score (nSPS) is 28.3. The van der Waals surface area contributed by atoms with E-state index >= 15 is 0 Å². The van der Waals surface area contributed by atoms with Crippen molar-refractivity contribution in [1.82, 2.24) is 0 Å². The molecule has 6 heteroatoms. The van der Waals surface area contributed by atoms with E-state index in [1.807, 2.05) is 0 Å². The molecule has 2 fully saturated rings. The molecule has 2 aromatic carbocycles. The molecule has 2 bridgehead atoms. The first-order valence-electron chi connectivity index (χ1n) is 8.77. The number of sulfone groups is 1. The van der Waals surface area contributed by atoms with Crippen molar-refractivity contribution in [3.63, 3.8) is 0 Å². The molecule has 2 atom stereocenters. The molecule has 0 radical (unpaired) electrons. The predicted molar refractivity (Wildman–Crippen MR) is 96.7 cm³/mol. The van der Waals surface area contributed by atoms with Crippen LogP contribution in [0.3, 0.4) is 0 Å². The van der Waals surface area contributed by atoms with E-state index in [-0.39, 0.29) is 22.3 Å². The van der Waals surface area contributed by atoms with Crippen LogP contribution in [-0.4, -0.2) is 8.42 Å². The van der Waals surface area contributed by atoms with Gasteiger partial charge in [0, 0.05) is 10.6 Å². The number of benzene rings is 2. The quantitative estimate of drug-likeness (QED) is 0.686. The van der Waals surface area contributed by atoms with Crippen LogP contribution in [0.15, 0.2) is 47.4 Å². The summed E-state index contributed by atoms with van der Waals surface area (Å²) in [6, 6.07) is 9.05. The average Bonchev–Trinajstić information content (AvgIpc) is 2.95. The average molecular weight is 397 g/mol. The van der Waals surface area contributed by atoms with Gasteiger partial charge in [-0.25, -0.2) is 17.2 Å². The summed E-state index contributed by atoms with van der Waals surface area (Å²) in [4.78, 5) is 0.104. The summed E-state index contributed by atoms with van der Waals surface area (Å²) in [7, 11) is -3.92. The standard InChI is InChI=1S/C20H19ClF2O2S/c21-15-3-6-17(7-4-15)26(24,25)20(11-13-1-2-14(9-13)12-20)18-10-16(22)5-8-19(18)23/h3-8,10,13-14H,1-2,9,11-12H2. The highest BCUT2D eigenvalue weighted by Crippen LogP contribution is 2.56. The molecule has 4 rings (SSSR count). The summed E-state index contributed by atoms with van der Waals surface area (Å²) >= 11 is 5.90. The molecule has 0 saturated heterocycles. The first-order valence-corrected chi connectivity index (χ1v) is 10.6. The number of rotatable bonds is 3. The van der Waals surface area contributed by atoms with E-state index in [1.165, 1.54) is 24.3 Å². The number of hydrogen-bond acceptors (Lipinski definition) is 2. The fourth-order valence-electron chi connectivity index (χ4n) is 4.84. The molecule has 0 N–H and O–H groups in total. The summed E-state index contributed by atoms with van der Waals surface area (Å²) in [6.07, 6.45) is 3.51. The van der Waals surface area contributed by atoms with Gasteiger partial charge in [0.25, 0.3) is 0 Å². The highest BCUT2D eigenvalue weighted by molar-refractivity contribution is 7.92. The summed E-state index contributed by atoms with van der Waals surface area (Å²) in [5.74, 6) is -0.841. The lowest BCUT2D eigenvalue weighted by Crippen LogP contribution is -2.42. The third kappa shape index (κ3) is 2.76. The molecule has 0 spiro atoms. The smallest absolute Gasteiger partial charge is 0.188 e. The highest BCUT2D eigenvalue weighted by Gasteiger charge is 2.54. The monoisotopic (exact) mass is 396 g/mol. The number of halogens is 3. The second-order valence-corrected chi connectivity index (χ2v) is 10.2. The molecule has 0 aromatic heterocycles. The summed E-state index contributed by atoms with van der Waals surface area (Å²) in [5.41, 5.74) is -0.0379. The van der Waals surface area contributed by atoms with Gasteiger partial charge >= 0.3 is 0 Å². The van der Waals surface area contributed by atoms with E-state index in [1.54, 1.807) is 0 Å². The Kier molecular flexibility index (Phi) is 4.35. The van der Waals surface area contributed by atoms with Gasteiger partial charge < -0.3 is 0 Å². The van der Waals surface area contributed by atoms with E-state index in [2.05, 4.69) is 0 Å². The molecule has 2 aliphatic rings. The molecule has 0 aliphatic heterocycles. The van der Waals surface area contributed by atoms with Crippen LogP contribution in [0.5, 0.6) is 0 Å². The van der Waals surface area contributed by atoms with Crippen LogP contribution in [0.4, 0.5) is 8.78 Å². The molecule has 2 aromatic rings. The highest BCUT2D eigenvalue weighted by atomic mass is 35.5. The van der Waals surface area contributed by atoms with Crippen LogP contribution in [0.1, 0.15) is 37.7 Å². The largest absolute Gasteiger partial charge is 0.223 e. The first-order chi connectivity index (χ1) is 12.3. The molecule has 138 valence electrons. The van der Waals surface area contributed by atoms with E-state index < -0.39 is 26.2 Å². The summed E-state index contributed by atoms with van der Waals surface area (Å²) in [5, 5.41) is 0.429. The third-order valence-electron chi connectivity index (χ3n) is 5.94. The van der Waals surface area contributed by atoms with Gasteiger partial charge in [0.15, 0.2) is 9.84 Å². The minimum absolute atomic E-state index is 0.0379. The van der Waals surface area contributed by atoms with Crippen molar-refractivity contribution in [2.24, 2.45) is 11.8 Å². The maximum absolute atomic E-state index is 14.7. The maximum Gasteiger partial charge on any atom is 0.188 e.